The highest BCUT2D eigenvalue weighted by Crippen LogP contribution is 2.20. The molecule has 94 valence electrons. The van der Waals surface area contributed by atoms with Crippen LogP contribution in [0.4, 0.5) is 0 Å². The maximum absolute atomic E-state index is 11.6. The molecule has 0 unspecified atom stereocenters. The monoisotopic (exact) mass is 272 g/mol. The zero-order chi connectivity index (χ0) is 12.9. The number of amides is 1. The Hall–Kier alpha value is -0.710. The molecule has 0 bridgehead atoms. The minimum absolute atomic E-state index is 0.0135. The standard InChI is InChI=1S/C12H17ClN2OS/c1-12(2,8-14)15-11(16)7-17-10-5-3-9(13)4-6-10/h3-6H,7-8,14H2,1-2H3,(H,15,16). The van der Waals surface area contributed by atoms with Crippen molar-refractivity contribution in [1.29, 1.82) is 0 Å². The van der Waals surface area contributed by atoms with Gasteiger partial charge in [-0.15, -0.1) is 11.8 Å². The van der Waals surface area contributed by atoms with Gasteiger partial charge in [0.1, 0.15) is 0 Å². The highest BCUT2D eigenvalue weighted by atomic mass is 35.5. The molecule has 0 saturated carbocycles. The normalized spacial score (nSPS) is 11.3. The second kappa shape index (κ2) is 6.28. The fourth-order valence-electron chi connectivity index (χ4n) is 1.14. The molecule has 0 saturated heterocycles. The van der Waals surface area contributed by atoms with E-state index in [9.17, 15) is 4.79 Å². The fourth-order valence-corrected chi connectivity index (χ4v) is 1.97. The summed E-state index contributed by atoms with van der Waals surface area (Å²) in [4.78, 5) is 12.7. The van der Waals surface area contributed by atoms with Gasteiger partial charge in [0.25, 0.3) is 0 Å². The van der Waals surface area contributed by atoms with Crippen LogP contribution in [-0.2, 0) is 4.79 Å². The van der Waals surface area contributed by atoms with Crippen molar-refractivity contribution in [1.82, 2.24) is 5.32 Å². The predicted molar refractivity (Wildman–Crippen MR) is 73.5 cm³/mol. The first-order valence-corrected chi connectivity index (χ1v) is 6.69. The summed E-state index contributed by atoms with van der Waals surface area (Å²) in [6.45, 7) is 4.22. The van der Waals surface area contributed by atoms with Crippen molar-refractivity contribution in [3.05, 3.63) is 29.3 Å². The summed E-state index contributed by atoms with van der Waals surface area (Å²) in [5.41, 5.74) is 5.19. The Bertz CT molecular complexity index is 379. The SMILES string of the molecule is CC(C)(CN)NC(=O)CSc1ccc(Cl)cc1. The van der Waals surface area contributed by atoms with Gasteiger partial charge in [0.2, 0.25) is 5.91 Å². The molecule has 3 N–H and O–H groups in total. The highest BCUT2D eigenvalue weighted by molar-refractivity contribution is 8.00. The zero-order valence-corrected chi connectivity index (χ0v) is 11.6. The van der Waals surface area contributed by atoms with E-state index >= 15 is 0 Å². The van der Waals surface area contributed by atoms with E-state index in [1.54, 1.807) is 0 Å². The second-order valence-electron chi connectivity index (χ2n) is 4.38. The summed E-state index contributed by atoms with van der Waals surface area (Å²) in [5.74, 6) is 0.367. The average molecular weight is 273 g/mol. The maximum Gasteiger partial charge on any atom is 0.230 e. The first-order valence-electron chi connectivity index (χ1n) is 5.32. The third-order valence-electron chi connectivity index (χ3n) is 2.17. The minimum Gasteiger partial charge on any atom is -0.349 e. The van der Waals surface area contributed by atoms with E-state index in [1.165, 1.54) is 11.8 Å². The molecule has 0 aliphatic heterocycles. The number of carbonyl (C=O) groups is 1. The van der Waals surface area contributed by atoms with E-state index in [0.717, 1.165) is 4.90 Å². The van der Waals surface area contributed by atoms with Crippen LogP contribution in [0, 0.1) is 0 Å². The lowest BCUT2D eigenvalue weighted by atomic mass is 10.1. The molecule has 0 fully saturated rings. The number of carbonyl (C=O) groups excluding carboxylic acids is 1. The van der Waals surface area contributed by atoms with Crippen LogP contribution in [0.15, 0.2) is 29.2 Å². The Morgan fingerprint density at radius 2 is 2.00 bits per heavy atom. The van der Waals surface area contributed by atoms with E-state index < -0.39 is 0 Å². The van der Waals surface area contributed by atoms with E-state index in [4.69, 9.17) is 17.3 Å². The fraction of sp³-hybridized carbons (Fsp3) is 0.417. The van der Waals surface area contributed by atoms with Crippen LogP contribution in [0.5, 0.6) is 0 Å². The molecule has 0 aliphatic carbocycles. The summed E-state index contributed by atoms with van der Waals surface area (Å²) in [5, 5.41) is 3.57. The molecule has 0 aromatic heterocycles. The highest BCUT2D eigenvalue weighted by Gasteiger charge is 2.17. The summed E-state index contributed by atoms with van der Waals surface area (Å²) in [6.07, 6.45) is 0. The lowest BCUT2D eigenvalue weighted by Crippen LogP contribution is -2.49. The Balaban J connectivity index is 2.41. The summed E-state index contributed by atoms with van der Waals surface area (Å²) in [6, 6.07) is 7.42. The van der Waals surface area contributed by atoms with Gasteiger partial charge in [-0.2, -0.15) is 0 Å². The van der Waals surface area contributed by atoms with Gasteiger partial charge in [-0.3, -0.25) is 4.79 Å². The number of hydrogen-bond acceptors (Lipinski definition) is 3. The zero-order valence-electron chi connectivity index (χ0n) is 10.00. The van der Waals surface area contributed by atoms with Crippen molar-refractivity contribution in [2.24, 2.45) is 5.73 Å². The number of benzene rings is 1. The molecule has 3 nitrogen and oxygen atoms in total. The Labute approximate surface area is 111 Å². The minimum atomic E-state index is -0.350. The van der Waals surface area contributed by atoms with Crippen molar-refractivity contribution < 1.29 is 4.79 Å². The van der Waals surface area contributed by atoms with Crippen molar-refractivity contribution in [3.63, 3.8) is 0 Å². The molecule has 1 rings (SSSR count). The predicted octanol–water partition coefficient (Wildman–Crippen LogP) is 2.29. The average Bonchev–Trinajstić information content (AvgIpc) is 2.28. The van der Waals surface area contributed by atoms with Crippen LogP contribution in [-0.4, -0.2) is 23.7 Å². The molecular formula is C12H17ClN2OS. The molecular weight excluding hydrogens is 256 g/mol. The van der Waals surface area contributed by atoms with E-state index in [2.05, 4.69) is 5.32 Å². The Kier molecular flexibility index (Phi) is 5.31. The van der Waals surface area contributed by atoms with E-state index in [1.807, 2.05) is 38.1 Å². The lowest BCUT2D eigenvalue weighted by molar-refractivity contribution is -0.120. The van der Waals surface area contributed by atoms with Gasteiger partial charge >= 0.3 is 0 Å². The molecule has 0 atom stereocenters. The molecule has 0 aliphatic rings. The number of nitrogens with one attached hydrogen (secondary N) is 1. The second-order valence-corrected chi connectivity index (χ2v) is 5.86. The molecule has 1 aromatic rings. The quantitative estimate of drug-likeness (QED) is 0.809. The van der Waals surface area contributed by atoms with Gasteiger partial charge in [-0.1, -0.05) is 11.6 Å². The molecule has 5 heteroatoms. The van der Waals surface area contributed by atoms with Crippen LogP contribution in [0.2, 0.25) is 5.02 Å². The van der Waals surface area contributed by atoms with Crippen LogP contribution in [0.3, 0.4) is 0 Å². The number of nitrogens with two attached hydrogens (primary N) is 1. The van der Waals surface area contributed by atoms with Crippen molar-refractivity contribution in [2.75, 3.05) is 12.3 Å². The lowest BCUT2D eigenvalue weighted by Gasteiger charge is -2.24. The third-order valence-corrected chi connectivity index (χ3v) is 3.44. The van der Waals surface area contributed by atoms with Gasteiger partial charge in [0.05, 0.1) is 5.75 Å². The van der Waals surface area contributed by atoms with Gasteiger partial charge < -0.3 is 11.1 Å². The van der Waals surface area contributed by atoms with Crippen molar-refractivity contribution >= 4 is 29.3 Å². The summed E-state index contributed by atoms with van der Waals surface area (Å²) >= 11 is 7.25. The van der Waals surface area contributed by atoms with Gasteiger partial charge in [-0.05, 0) is 38.1 Å². The first-order chi connectivity index (χ1) is 7.93. The van der Waals surface area contributed by atoms with Crippen LogP contribution in [0.1, 0.15) is 13.8 Å². The molecule has 1 aromatic carbocycles. The van der Waals surface area contributed by atoms with Gasteiger partial charge in [0.15, 0.2) is 0 Å². The van der Waals surface area contributed by atoms with Gasteiger partial charge in [-0.25, -0.2) is 0 Å². The summed E-state index contributed by atoms with van der Waals surface area (Å²) < 4.78 is 0. The number of halogens is 1. The number of rotatable bonds is 5. The molecule has 1 amide bonds. The molecule has 0 spiro atoms. The topological polar surface area (TPSA) is 55.1 Å². The van der Waals surface area contributed by atoms with Gasteiger partial charge in [0, 0.05) is 22.0 Å². The largest absolute Gasteiger partial charge is 0.349 e. The Morgan fingerprint density at radius 1 is 1.41 bits per heavy atom. The van der Waals surface area contributed by atoms with Crippen LogP contribution >= 0.6 is 23.4 Å². The molecule has 0 heterocycles. The number of hydrogen-bond donors (Lipinski definition) is 2. The maximum atomic E-state index is 11.6. The number of thioether (sulfide) groups is 1. The molecule has 0 radical (unpaired) electrons. The van der Waals surface area contributed by atoms with Crippen LogP contribution < -0.4 is 11.1 Å². The van der Waals surface area contributed by atoms with Crippen molar-refractivity contribution in [3.8, 4) is 0 Å². The van der Waals surface area contributed by atoms with Crippen LogP contribution in [0.25, 0.3) is 0 Å². The smallest absolute Gasteiger partial charge is 0.230 e. The first kappa shape index (κ1) is 14.4. The van der Waals surface area contributed by atoms with Crippen molar-refractivity contribution in [2.45, 2.75) is 24.3 Å². The van der Waals surface area contributed by atoms with E-state index in [-0.39, 0.29) is 11.4 Å². The van der Waals surface area contributed by atoms with E-state index in [0.29, 0.717) is 17.3 Å². The molecule has 17 heavy (non-hydrogen) atoms. The summed E-state index contributed by atoms with van der Waals surface area (Å²) in [7, 11) is 0. The Morgan fingerprint density at radius 3 is 2.53 bits per heavy atom. The third kappa shape index (κ3) is 5.44.